The molecule has 14 heavy (non-hydrogen) atoms. The maximum atomic E-state index is 11.6. The zero-order valence-corrected chi connectivity index (χ0v) is 8.71. The van der Waals surface area contributed by atoms with Gasteiger partial charge in [-0.3, -0.25) is 5.10 Å². The minimum atomic E-state index is -3.46. The quantitative estimate of drug-likeness (QED) is 0.615. The lowest BCUT2D eigenvalue weighted by Crippen LogP contribution is -2.39. The number of sulfonamides is 1. The van der Waals surface area contributed by atoms with Gasteiger partial charge in [-0.1, -0.05) is 6.92 Å². The van der Waals surface area contributed by atoms with E-state index in [0.717, 1.165) is 0 Å². The second kappa shape index (κ2) is 4.54. The van der Waals surface area contributed by atoms with Gasteiger partial charge in [-0.05, 0) is 6.42 Å². The zero-order valence-electron chi connectivity index (χ0n) is 7.90. The lowest BCUT2D eigenvalue weighted by molar-refractivity contribution is 0.542. The summed E-state index contributed by atoms with van der Waals surface area (Å²) in [5.41, 5.74) is 5.39. The SMILES string of the molecule is CCC(CN)NS(=O)(=O)c1cn[nH]c1. The first-order chi connectivity index (χ1) is 6.60. The Labute approximate surface area is 82.9 Å². The highest BCUT2D eigenvalue weighted by Crippen LogP contribution is 2.05. The number of rotatable bonds is 5. The van der Waals surface area contributed by atoms with Gasteiger partial charge < -0.3 is 5.73 Å². The molecule has 1 unspecified atom stereocenters. The predicted molar refractivity (Wildman–Crippen MR) is 52.0 cm³/mol. The fourth-order valence-corrected chi connectivity index (χ4v) is 2.21. The standard InChI is InChI=1S/C7H14N4O2S/c1-2-6(3-8)11-14(12,13)7-4-9-10-5-7/h4-6,11H,2-3,8H2,1H3,(H,9,10). The van der Waals surface area contributed by atoms with Crippen molar-refractivity contribution in [2.45, 2.75) is 24.3 Å². The molecule has 1 aromatic heterocycles. The second-order valence-corrected chi connectivity index (χ2v) is 4.61. The van der Waals surface area contributed by atoms with Crippen LogP contribution in [-0.2, 0) is 10.0 Å². The van der Waals surface area contributed by atoms with E-state index in [9.17, 15) is 8.42 Å². The summed E-state index contributed by atoms with van der Waals surface area (Å²) in [5.74, 6) is 0. The van der Waals surface area contributed by atoms with Gasteiger partial charge in [0.1, 0.15) is 4.90 Å². The van der Waals surface area contributed by atoms with Crippen molar-refractivity contribution < 1.29 is 8.42 Å². The molecule has 1 heterocycles. The summed E-state index contributed by atoms with van der Waals surface area (Å²) >= 11 is 0. The molecule has 0 radical (unpaired) electrons. The highest BCUT2D eigenvalue weighted by molar-refractivity contribution is 7.89. The van der Waals surface area contributed by atoms with Gasteiger partial charge in [0.2, 0.25) is 10.0 Å². The monoisotopic (exact) mass is 218 g/mol. The van der Waals surface area contributed by atoms with Crippen LogP contribution < -0.4 is 10.5 Å². The molecule has 0 spiro atoms. The topological polar surface area (TPSA) is 101 Å². The summed E-state index contributed by atoms with van der Waals surface area (Å²) in [6, 6.07) is -0.227. The zero-order chi connectivity index (χ0) is 10.6. The Morgan fingerprint density at radius 1 is 1.71 bits per heavy atom. The molecule has 0 amide bonds. The van der Waals surface area contributed by atoms with Gasteiger partial charge in [0.15, 0.2) is 0 Å². The lowest BCUT2D eigenvalue weighted by atomic mass is 10.2. The van der Waals surface area contributed by atoms with E-state index in [1.807, 2.05) is 6.92 Å². The minimum absolute atomic E-state index is 0.129. The fraction of sp³-hybridized carbons (Fsp3) is 0.571. The summed E-state index contributed by atoms with van der Waals surface area (Å²) in [5, 5.41) is 6.02. The van der Waals surface area contributed by atoms with E-state index < -0.39 is 10.0 Å². The molecular weight excluding hydrogens is 204 g/mol. The van der Waals surface area contributed by atoms with Crippen molar-refractivity contribution in [1.82, 2.24) is 14.9 Å². The number of nitrogens with zero attached hydrogens (tertiary/aromatic N) is 1. The van der Waals surface area contributed by atoms with Gasteiger partial charge in [0.05, 0.1) is 6.20 Å². The fourth-order valence-electron chi connectivity index (χ4n) is 0.972. The number of nitrogens with one attached hydrogen (secondary N) is 2. The molecule has 4 N–H and O–H groups in total. The van der Waals surface area contributed by atoms with Crippen molar-refractivity contribution in [1.29, 1.82) is 0 Å². The van der Waals surface area contributed by atoms with Crippen LogP contribution in [0.1, 0.15) is 13.3 Å². The first-order valence-electron chi connectivity index (χ1n) is 4.31. The third kappa shape index (κ3) is 2.53. The molecule has 0 fully saturated rings. The van der Waals surface area contributed by atoms with E-state index in [4.69, 9.17) is 5.73 Å². The van der Waals surface area contributed by atoms with Crippen LogP contribution in [0.4, 0.5) is 0 Å². The van der Waals surface area contributed by atoms with Gasteiger partial charge >= 0.3 is 0 Å². The van der Waals surface area contributed by atoms with E-state index in [1.54, 1.807) is 0 Å². The van der Waals surface area contributed by atoms with Gasteiger partial charge in [-0.15, -0.1) is 0 Å². The normalized spacial score (nSPS) is 14.1. The molecule has 1 atom stereocenters. The van der Waals surface area contributed by atoms with Gasteiger partial charge in [-0.25, -0.2) is 13.1 Å². The maximum Gasteiger partial charge on any atom is 0.243 e. The Hall–Kier alpha value is -0.920. The summed E-state index contributed by atoms with van der Waals surface area (Å²) in [6.07, 6.45) is 3.24. The third-order valence-electron chi connectivity index (χ3n) is 1.88. The molecule has 0 aliphatic carbocycles. The molecule has 0 bridgehead atoms. The number of nitrogens with two attached hydrogens (primary N) is 1. The molecule has 0 saturated heterocycles. The molecular formula is C7H14N4O2S. The van der Waals surface area contributed by atoms with E-state index in [1.165, 1.54) is 12.4 Å². The van der Waals surface area contributed by atoms with Gasteiger partial charge in [0, 0.05) is 18.8 Å². The highest BCUT2D eigenvalue weighted by atomic mass is 32.2. The maximum absolute atomic E-state index is 11.6. The van der Waals surface area contributed by atoms with Crippen LogP contribution in [0.25, 0.3) is 0 Å². The molecule has 1 aromatic rings. The Balaban J connectivity index is 2.77. The minimum Gasteiger partial charge on any atom is -0.329 e. The predicted octanol–water partition coefficient (Wildman–Crippen LogP) is -0.575. The number of aromatic amines is 1. The smallest absolute Gasteiger partial charge is 0.243 e. The summed E-state index contributed by atoms with van der Waals surface area (Å²) in [4.78, 5) is 0.129. The van der Waals surface area contributed by atoms with Crippen LogP contribution in [0.2, 0.25) is 0 Å². The first-order valence-corrected chi connectivity index (χ1v) is 5.79. The third-order valence-corrected chi connectivity index (χ3v) is 3.37. The molecule has 0 aromatic carbocycles. The summed E-state index contributed by atoms with van der Waals surface area (Å²) < 4.78 is 25.7. The Morgan fingerprint density at radius 3 is 2.86 bits per heavy atom. The Morgan fingerprint density at radius 2 is 2.43 bits per heavy atom. The van der Waals surface area contributed by atoms with Crippen molar-refractivity contribution >= 4 is 10.0 Å². The van der Waals surface area contributed by atoms with Crippen molar-refractivity contribution in [3.8, 4) is 0 Å². The van der Waals surface area contributed by atoms with Crippen LogP contribution in [0.3, 0.4) is 0 Å². The van der Waals surface area contributed by atoms with Crippen LogP contribution in [0, 0.1) is 0 Å². The summed E-state index contributed by atoms with van der Waals surface area (Å²) in [7, 11) is -3.46. The number of H-pyrrole nitrogens is 1. The van der Waals surface area contributed by atoms with Crippen molar-refractivity contribution in [2.75, 3.05) is 6.54 Å². The average molecular weight is 218 g/mol. The van der Waals surface area contributed by atoms with Crippen LogP contribution in [0.5, 0.6) is 0 Å². The van der Waals surface area contributed by atoms with Crippen molar-refractivity contribution in [2.24, 2.45) is 5.73 Å². The van der Waals surface area contributed by atoms with Gasteiger partial charge in [0.25, 0.3) is 0 Å². The lowest BCUT2D eigenvalue weighted by Gasteiger charge is -2.13. The molecule has 1 rings (SSSR count). The van der Waals surface area contributed by atoms with Gasteiger partial charge in [-0.2, -0.15) is 5.10 Å². The Bertz CT molecular complexity index is 355. The Kier molecular flexibility index (Phi) is 3.62. The summed E-state index contributed by atoms with van der Waals surface area (Å²) in [6.45, 7) is 2.16. The van der Waals surface area contributed by atoms with Crippen LogP contribution in [0.15, 0.2) is 17.3 Å². The van der Waals surface area contributed by atoms with Crippen LogP contribution >= 0.6 is 0 Å². The van der Waals surface area contributed by atoms with Crippen LogP contribution in [-0.4, -0.2) is 31.2 Å². The number of hydrogen-bond acceptors (Lipinski definition) is 4. The molecule has 0 aliphatic rings. The molecule has 0 aliphatic heterocycles. The highest BCUT2D eigenvalue weighted by Gasteiger charge is 2.18. The van der Waals surface area contributed by atoms with E-state index in [-0.39, 0.29) is 17.5 Å². The number of hydrogen-bond donors (Lipinski definition) is 3. The first kappa shape index (κ1) is 11.2. The molecule has 80 valence electrons. The van der Waals surface area contributed by atoms with Crippen molar-refractivity contribution in [3.05, 3.63) is 12.4 Å². The molecule has 7 heteroatoms. The largest absolute Gasteiger partial charge is 0.329 e. The second-order valence-electron chi connectivity index (χ2n) is 2.90. The molecule has 0 saturated carbocycles. The number of aromatic nitrogens is 2. The van der Waals surface area contributed by atoms with E-state index >= 15 is 0 Å². The van der Waals surface area contributed by atoms with E-state index in [2.05, 4.69) is 14.9 Å². The van der Waals surface area contributed by atoms with E-state index in [0.29, 0.717) is 6.42 Å². The van der Waals surface area contributed by atoms with Crippen molar-refractivity contribution in [3.63, 3.8) is 0 Å². The molecule has 6 nitrogen and oxygen atoms in total. The average Bonchev–Trinajstić information content (AvgIpc) is 2.67.